The zero-order chi connectivity index (χ0) is 21.8. The third kappa shape index (κ3) is 5.34. The molecule has 31 heavy (non-hydrogen) atoms. The van der Waals surface area contributed by atoms with Crippen molar-refractivity contribution >= 4 is 0 Å². The highest BCUT2D eigenvalue weighted by Crippen LogP contribution is 2.27. The van der Waals surface area contributed by atoms with Gasteiger partial charge in [0.2, 0.25) is 0 Å². The molecule has 0 radical (unpaired) electrons. The fraction of sp³-hybridized carbons (Fsp3) is 0.625. The topological polar surface area (TPSA) is 58.6 Å². The molecule has 1 aromatic carbocycles. The van der Waals surface area contributed by atoms with Crippen LogP contribution in [-0.4, -0.2) is 87.5 Å². The van der Waals surface area contributed by atoms with E-state index in [1.807, 2.05) is 6.20 Å². The number of aromatic amines is 1. The summed E-state index contributed by atoms with van der Waals surface area (Å²) in [6.45, 7) is 11.0. The van der Waals surface area contributed by atoms with Crippen LogP contribution in [-0.2, 0) is 6.54 Å². The van der Waals surface area contributed by atoms with Gasteiger partial charge in [-0.25, -0.2) is 4.39 Å². The van der Waals surface area contributed by atoms with Gasteiger partial charge in [0.25, 0.3) is 0 Å². The fourth-order valence-corrected chi connectivity index (χ4v) is 5.24. The van der Waals surface area contributed by atoms with E-state index >= 15 is 0 Å². The first-order chi connectivity index (χ1) is 15.0. The van der Waals surface area contributed by atoms with Crippen molar-refractivity contribution in [2.75, 3.05) is 39.3 Å². The van der Waals surface area contributed by atoms with Gasteiger partial charge in [-0.3, -0.25) is 14.9 Å². The molecule has 2 N–H and O–H groups in total. The average molecular weight is 430 g/mol. The number of rotatable bonds is 7. The number of piperidine rings is 1. The van der Waals surface area contributed by atoms with Crippen molar-refractivity contribution in [2.45, 2.75) is 57.8 Å². The van der Waals surface area contributed by atoms with E-state index in [1.165, 1.54) is 38.1 Å². The third-order valence-corrected chi connectivity index (χ3v) is 7.02. The second-order valence-electron chi connectivity index (χ2n) is 9.28. The Labute approximate surface area is 185 Å². The van der Waals surface area contributed by atoms with E-state index in [0.29, 0.717) is 18.1 Å². The zero-order valence-electron chi connectivity index (χ0n) is 18.8. The van der Waals surface area contributed by atoms with Gasteiger partial charge in [0, 0.05) is 62.0 Å². The molecule has 6 nitrogen and oxygen atoms in total. The van der Waals surface area contributed by atoms with E-state index in [0.717, 1.165) is 49.4 Å². The lowest BCUT2D eigenvalue weighted by atomic mass is 9.97. The Kier molecular flexibility index (Phi) is 7.38. The standard InChI is InChI=1S/C24H36FN5O/c1-18(2)29-10-7-22(8-11-29)30-13-12-28(17-23(30)9-14-31)16-20-15-26-27-24(20)19-3-5-21(25)6-4-19/h3-6,15,18,22-23,31H,7-14,16-17H2,1-2H3,(H,26,27)/t23-/m0/s1. The van der Waals surface area contributed by atoms with Crippen LogP contribution in [0.1, 0.15) is 38.7 Å². The monoisotopic (exact) mass is 429 g/mol. The van der Waals surface area contributed by atoms with Crippen LogP contribution in [0.25, 0.3) is 11.3 Å². The number of aliphatic hydroxyl groups excluding tert-OH is 1. The summed E-state index contributed by atoms with van der Waals surface area (Å²) in [5, 5.41) is 17.0. The number of piperazine rings is 1. The fourth-order valence-electron chi connectivity index (χ4n) is 5.24. The van der Waals surface area contributed by atoms with Crippen molar-refractivity contribution < 1.29 is 9.50 Å². The lowest BCUT2D eigenvalue weighted by molar-refractivity contribution is 0.00000969. The Morgan fingerprint density at radius 1 is 1.13 bits per heavy atom. The molecule has 1 atom stereocenters. The normalized spacial score (nSPS) is 22.4. The number of nitrogens with one attached hydrogen (secondary N) is 1. The van der Waals surface area contributed by atoms with E-state index in [-0.39, 0.29) is 12.4 Å². The highest BCUT2D eigenvalue weighted by Gasteiger charge is 2.34. The van der Waals surface area contributed by atoms with Gasteiger partial charge >= 0.3 is 0 Å². The molecule has 2 aromatic rings. The number of aliphatic hydroxyl groups is 1. The number of benzene rings is 1. The first-order valence-electron chi connectivity index (χ1n) is 11.7. The number of aromatic nitrogens is 2. The van der Waals surface area contributed by atoms with Crippen molar-refractivity contribution in [1.29, 1.82) is 0 Å². The van der Waals surface area contributed by atoms with Crippen LogP contribution >= 0.6 is 0 Å². The number of hydrogen-bond donors (Lipinski definition) is 2. The molecule has 0 saturated carbocycles. The van der Waals surface area contributed by atoms with E-state index in [2.05, 4.69) is 38.7 Å². The second-order valence-corrected chi connectivity index (χ2v) is 9.28. The van der Waals surface area contributed by atoms with Gasteiger partial charge in [0.05, 0.1) is 11.9 Å². The second kappa shape index (κ2) is 10.2. The molecular weight excluding hydrogens is 393 g/mol. The molecule has 0 amide bonds. The summed E-state index contributed by atoms with van der Waals surface area (Å²) in [5.74, 6) is -0.230. The van der Waals surface area contributed by atoms with E-state index in [9.17, 15) is 9.50 Å². The summed E-state index contributed by atoms with van der Waals surface area (Å²) in [5.41, 5.74) is 3.05. The maximum atomic E-state index is 13.3. The predicted octanol–water partition coefficient (Wildman–Crippen LogP) is 2.96. The van der Waals surface area contributed by atoms with Crippen molar-refractivity contribution in [2.24, 2.45) is 0 Å². The number of hydrogen-bond acceptors (Lipinski definition) is 5. The molecule has 2 saturated heterocycles. The molecule has 2 aliphatic rings. The van der Waals surface area contributed by atoms with Crippen molar-refractivity contribution in [1.82, 2.24) is 24.9 Å². The molecule has 170 valence electrons. The number of likely N-dealkylation sites (tertiary alicyclic amines) is 1. The van der Waals surface area contributed by atoms with Gasteiger partial charge < -0.3 is 10.0 Å². The quantitative estimate of drug-likeness (QED) is 0.709. The summed E-state index contributed by atoms with van der Waals surface area (Å²) >= 11 is 0. The van der Waals surface area contributed by atoms with E-state index in [4.69, 9.17) is 0 Å². The molecule has 2 aliphatic heterocycles. The van der Waals surface area contributed by atoms with Crippen LogP contribution in [0.4, 0.5) is 4.39 Å². The smallest absolute Gasteiger partial charge is 0.123 e. The van der Waals surface area contributed by atoms with Crippen molar-refractivity contribution in [3.8, 4) is 11.3 Å². The minimum atomic E-state index is -0.230. The first-order valence-corrected chi connectivity index (χ1v) is 11.7. The SMILES string of the molecule is CC(C)N1CCC(N2CCN(Cc3cn[nH]c3-c3ccc(F)cc3)C[C@@H]2CCO)CC1. The maximum absolute atomic E-state index is 13.3. The van der Waals surface area contributed by atoms with Crippen LogP contribution in [0.2, 0.25) is 0 Å². The molecule has 3 heterocycles. The zero-order valence-corrected chi connectivity index (χ0v) is 18.8. The molecule has 4 rings (SSSR count). The number of nitrogens with zero attached hydrogens (tertiary/aromatic N) is 4. The lowest BCUT2D eigenvalue weighted by Crippen LogP contribution is -2.58. The van der Waals surface area contributed by atoms with Gasteiger partial charge in [0.1, 0.15) is 5.82 Å². The van der Waals surface area contributed by atoms with Crippen LogP contribution in [0.3, 0.4) is 0 Å². The highest BCUT2D eigenvalue weighted by molar-refractivity contribution is 5.62. The Morgan fingerprint density at radius 3 is 2.55 bits per heavy atom. The lowest BCUT2D eigenvalue weighted by Gasteiger charge is -2.48. The third-order valence-electron chi connectivity index (χ3n) is 7.02. The molecule has 0 spiro atoms. The highest BCUT2D eigenvalue weighted by atomic mass is 19.1. The molecule has 0 unspecified atom stereocenters. The molecule has 2 fully saturated rings. The van der Waals surface area contributed by atoms with Gasteiger partial charge in [-0.1, -0.05) is 0 Å². The maximum Gasteiger partial charge on any atom is 0.123 e. The Balaban J connectivity index is 1.39. The number of halogens is 1. The van der Waals surface area contributed by atoms with Crippen LogP contribution in [0.15, 0.2) is 30.5 Å². The van der Waals surface area contributed by atoms with E-state index in [1.54, 1.807) is 12.1 Å². The molecule has 0 aliphatic carbocycles. The summed E-state index contributed by atoms with van der Waals surface area (Å²) in [4.78, 5) is 7.71. The minimum Gasteiger partial charge on any atom is -0.396 e. The molecular formula is C24H36FN5O. The Hall–Kier alpha value is -1.80. The van der Waals surface area contributed by atoms with E-state index < -0.39 is 0 Å². The minimum absolute atomic E-state index is 0.229. The van der Waals surface area contributed by atoms with Crippen LogP contribution in [0, 0.1) is 5.82 Å². The Morgan fingerprint density at radius 2 is 1.87 bits per heavy atom. The van der Waals surface area contributed by atoms with Crippen LogP contribution in [0.5, 0.6) is 0 Å². The van der Waals surface area contributed by atoms with Gasteiger partial charge in [-0.15, -0.1) is 0 Å². The average Bonchev–Trinajstić information content (AvgIpc) is 3.23. The van der Waals surface area contributed by atoms with Gasteiger partial charge in [-0.05, 0) is 70.5 Å². The first kappa shape index (κ1) is 22.4. The van der Waals surface area contributed by atoms with Crippen LogP contribution < -0.4 is 0 Å². The van der Waals surface area contributed by atoms with Crippen molar-refractivity contribution in [3.63, 3.8) is 0 Å². The summed E-state index contributed by atoms with van der Waals surface area (Å²) in [7, 11) is 0. The molecule has 1 aromatic heterocycles. The van der Waals surface area contributed by atoms with Crippen molar-refractivity contribution in [3.05, 3.63) is 41.8 Å². The summed E-state index contributed by atoms with van der Waals surface area (Å²) in [6, 6.07) is 8.19. The Bertz CT molecular complexity index is 816. The van der Waals surface area contributed by atoms with Gasteiger partial charge in [-0.2, -0.15) is 5.10 Å². The largest absolute Gasteiger partial charge is 0.396 e. The summed E-state index contributed by atoms with van der Waals surface area (Å²) < 4.78 is 13.3. The molecule has 7 heteroatoms. The summed E-state index contributed by atoms with van der Waals surface area (Å²) in [6.07, 6.45) is 5.14. The molecule has 0 bridgehead atoms. The number of H-pyrrole nitrogens is 1. The van der Waals surface area contributed by atoms with Gasteiger partial charge in [0.15, 0.2) is 0 Å². The predicted molar refractivity (Wildman–Crippen MR) is 121 cm³/mol.